The molecule has 6 heteroatoms. The number of nitrogens with one attached hydrogen (secondary N) is 1. The first-order valence-corrected chi connectivity index (χ1v) is 9.61. The molecule has 150 valence electrons. The Hall–Kier alpha value is -2.44. The summed E-state index contributed by atoms with van der Waals surface area (Å²) in [6, 6.07) is 13.8. The molecule has 0 saturated carbocycles. The average molecular weight is 386 g/mol. The van der Waals surface area contributed by atoms with Gasteiger partial charge in [-0.3, -0.25) is 9.69 Å². The fraction of sp³-hybridized carbons (Fsp3) is 0.409. The minimum absolute atomic E-state index is 0.0146. The van der Waals surface area contributed by atoms with Crippen LogP contribution in [0.3, 0.4) is 0 Å². The number of carbonyl (C=O) groups is 1. The van der Waals surface area contributed by atoms with E-state index in [-0.39, 0.29) is 11.7 Å². The molecule has 0 unspecified atom stereocenters. The average Bonchev–Trinajstić information content (AvgIpc) is 2.71. The van der Waals surface area contributed by atoms with Gasteiger partial charge in [-0.25, -0.2) is 4.39 Å². The van der Waals surface area contributed by atoms with E-state index in [1.54, 1.807) is 19.2 Å². The fourth-order valence-electron chi connectivity index (χ4n) is 3.34. The number of carbonyl (C=O) groups excluding carboxylic acids is 1. The maximum absolute atomic E-state index is 12.9. The molecule has 0 bridgehead atoms. The second-order valence-corrected chi connectivity index (χ2v) is 7.14. The van der Waals surface area contributed by atoms with Crippen LogP contribution in [0.15, 0.2) is 48.5 Å². The zero-order valence-corrected chi connectivity index (χ0v) is 16.2. The van der Waals surface area contributed by atoms with Crippen LogP contribution in [0, 0.1) is 11.7 Å². The number of hydrogen-bond donors (Lipinski definition) is 1. The van der Waals surface area contributed by atoms with Gasteiger partial charge in [-0.1, -0.05) is 18.2 Å². The summed E-state index contributed by atoms with van der Waals surface area (Å²) in [6.45, 7) is 3.36. The van der Waals surface area contributed by atoms with Crippen LogP contribution in [0.2, 0.25) is 0 Å². The molecule has 1 amide bonds. The highest BCUT2D eigenvalue weighted by molar-refractivity contribution is 5.92. The summed E-state index contributed by atoms with van der Waals surface area (Å²) in [5, 5.41) is 2.92. The molecule has 1 aliphatic rings. The number of piperidine rings is 1. The van der Waals surface area contributed by atoms with Crippen molar-refractivity contribution in [3.05, 3.63) is 59.9 Å². The van der Waals surface area contributed by atoms with Crippen molar-refractivity contribution >= 4 is 11.6 Å². The summed E-state index contributed by atoms with van der Waals surface area (Å²) >= 11 is 0. The second-order valence-electron chi connectivity index (χ2n) is 7.14. The molecule has 1 saturated heterocycles. The first-order chi connectivity index (χ1) is 13.6. The van der Waals surface area contributed by atoms with Crippen molar-refractivity contribution in [2.24, 2.45) is 5.92 Å². The first-order valence-electron chi connectivity index (χ1n) is 9.61. The third kappa shape index (κ3) is 6.32. The van der Waals surface area contributed by atoms with E-state index in [1.807, 2.05) is 24.3 Å². The minimum atomic E-state index is -0.230. The third-order valence-electron chi connectivity index (χ3n) is 4.96. The standard InChI is InChI=1S/C22H27FN2O3/c1-27-21-4-2-3-20(13-21)24-22(26)14-25-11-9-18(10-12-25)16-28-15-17-5-7-19(23)8-6-17/h2-8,13,18H,9-12,14-16H2,1H3,(H,24,26). The molecule has 2 aromatic carbocycles. The molecule has 28 heavy (non-hydrogen) atoms. The zero-order valence-electron chi connectivity index (χ0n) is 16.2. The quantitative estimate of drug-likeness (QED) is 0.752. The van der Waals surface area contributed by atoms with Gasteiger partial charge >= 0.3 is 0 Å². The molecule has 1 fully saturated rings. The molecular weight excluding hydrogens is 359 g/mol. The van der Waals surface area contributed by atoms with E-state index in [0.717, 1.165) is 42.9 Å². The van der Waals surface area contributed by atoms with E-state index in [1.165, 1.54) is 12.1 Å². The van der Waals surface area contributed by atoms with Gasteiger partial charge < -0.3 is 14.8 Å². The van der Waals surface area contributed by atoms with Crippen LogP contribution in [0.5, 0.6) is 5.75 Å². The second kappa shape index (κ2) is 10.2. The number of methoxy groups -OCH3 is 1. The topological polar surface area (TPSA) is 50.8 Å². The summed E-state index contributed by atoms with van der Waals surface area (Å²) in [4.78, 5) is 14.4. The Bertz CT molecular complexity index is 759. The highest BCUT2D eigenvalue weighted by Crippen LogP contribution is 2.19. The first kappa shape index (κ1) is 20.3. The maximum Gasteiger partial charge on any atom is 0.238 e. The van der Waals surface area contributed by atoms with Crippen molar-refractivity contribution in [1.82, 2.24) is 4.90 Å². The number of rotatable bonds is 8. The summed E-state index contributed by atoms with van der Waals surface area (Å²) in [6.07, 6.45) is 2.02. The number of hydrogen-bond acceptors (Lipinski definition) is 4. The number of benzene rings is 2. The van der Waals surface area contributed by atoms with Crippen LogP contribution in [0.25, 0.3) is 0 Å². The summed E-state index contributed by atoms with van der Waals surface area (Å²) in [5.41, 5.74) is 1.72. The maximum atomic E-state index is 12.9. The van der Waals surface area contributed by atoms with Crippen LogP contribution >= 0.6 is 0 Å². The molecule has 0 aromatic heterocycles. The van der Waals surface area contributed by atoms with E-state index in [2.05, 4.69) is 10.2 Å². The smallest absolute Gasteiger partial charge is 0.238 e. The van der Waals surface area contributed by atoms with Gasteiger partial charge in [-0.2, -0.15) is 0 Å². The number of nitrogens with zero attached hydrogens (tertiary/aromatic N) is 1. The highest BCUT2D eigenvalue weighted by atomic mass is 19.1. The molecule has 0 aliphatic carbocycles. The van der Waals surface area contributed by atoms with Gasteiger partial charge in [0.05, 0.1) is 20.3 Å². The van der Waals surface area contributed by atoms with Gasteiger partial charge in [0.15, 0.2) is 0 Å². The van der Waals surface area contributed by atoms with E-state index in [9.17, 15) is 9.18 Å². The Morgan fingerprint density at radius 2 is 1.93 bits per heavy atom. The Balaban J connectivity index is 1.34. The van der Waals surface area contributed by atoms with Gasteiger partial charge in [0.1, 0.15) is 11.6 Å². The Morgan fingerprint density at radius 3 is 2.64 bits per heavy atom. The number of likely N-dealkylation sites (tertiary alicyclic amines) is 1. The van der Waals surface area contributed by atoms with Crippen LogP contribution in [-0.2, 0) is 16.1 Å². The third-order valence-corrected chi connectivity index (χ3v) is 4.96. The highest BCUT2D eigenvalue weighted by Gasteiger charge is 2.21. The number of ether oxygens (including phenoxy) is 2. The molecule has 1 heterocycles. The molecule has 1 aliphatic heterocycles. The molecule has 1 N–H and O–H groups in total. The van der Waals surface area contributed by atoms with Crippen molar-refractivity contribution in [2.75, 3.05) is 38.7 Å². The van der Waals surface area contributed by atoms with Gasteiger partial charge in [0.2, 0.25) is 5.91 Å². The van der Waals surface area contributed by atoms with Crippen LogP contribution in [-0.4, -0.2) is 44.2 Å². The number of amides is 1. The van der Waals surface area contributed by atoms with E-state index < -0.39 is 0 Å². The zero-order chi connectivity index (χ0) is 19.8. The predicted octanol–water partition coefficient (Wildman–Crippen LogP) is 3.70. The van der Waals surface area contributed by atoms with Gasteiger partial charge in [0.25, 0.3) is 0 Å². The largest absolute Gasteiger partial charge is 0.497 e. The molecule has 2 aromatic rings. The summed E-state index contributed by atoms with van der Waals surface area (Å²) in [7, 11) is 1.61. The number of halogens is 1. The molecule has 3 rings (SSSR count). The minimum Gasteiger partial charge on any atom is -0.497 e. The summed E-state index contributed by atoms with van der Waals surface area (Å²) in [5.74, 6) is 0.975. The molecule has 5 nitrogen and oxygen atoms in total. The van der Waals surface area contributed by atoms with Gasteiger partial charge in [0, 0.05) is 18.4 Å². The molecule has 0 spiro atoms. The van der Waals surface area contributed by atoms with Crippen molar-refractivity contribution in [3.8, 4) is 5.75 Å². The van der Waals surface area contributed by atoms with E-state index in [0.29, 0.717) is 25.7 Å². The Labute approximate surface area is 165 Å². The fourth-order valence-corrected chi connectivity index (χ4v) is 3.34. The SMILES string of the molecule is COc1cccc(NC(=O)CN2CCC(COCc3ccc(F)cc3)CC2)c1. The summed E-state index contributed by atoms with van der Waals surface area (Å²) < 4.78 is 23.9. The van der Waals surface area contributed by atoms with Crippen molar-refractivity contribution in [1.29, 1.82) is 0 Å². The van der Waals surface area contributed by atoms with Crippen molar-refractivity contribution in [2.45, 2.75) is 19.4 Å². The molecule has 0 atom stereocenters. The Morgan fingerprint density at radius 1 is 1.18 bits per heavy atom. The monoisotopic (exact) mass is 386 g/mol. The van der Waals surface area contributed by atoms with Crippen molar-refractivity contribution in [3.63, 3.8) is 0 Å². The molecular formula is C22H27FN2O3. The normalized spacial score (nSPS) is 15.4. The van der Waals surface area contributed by atoms with Crippen LogP contribution in [0.1, 0.15) is 18.4 Å². The van der Waals surface area contributed by atoms with Crippen molar-refractivity contribution < 1.29 is 18.7 Å². The van der Waals surface area contributed by atoms with Gasteiger partial charge in [-0.05, 0) is 61.7 Å². The van der Waals surface area contributed by atoms with Crippen LogP contribution in [0.4, 0.5) is 10.1 Å². The van der Waals surface area contributed by atoms with Crippen LogP contribution < -0.4 is 10.1 Å². The predicted molar refractivity (Wildman–Crippen MR) is 107 cm³/mol. The lowest BCUT2D eigenvalue weighted by Crippen LogP contribution is -2.40. The number of anilines is 1. The lowest BCUT2D eigenvalue weighted by molar-refractivity contribution is -0.117. The van der Waals surface area contributed by atoms with E-state index >= 15 is 0 Å². The lowest BCUT2D eigenvalue weighted by Gasteiger charge is -2.31. The van der Waals surface area contributed by atoms with E-state index in [4.69, 9.17) is 9.47 Å². The Kier molecular flexibility index (Phi) is 7.39. The molecule has 0 radical (unpaired) electrons. The van der Waals surface area contributed by atoms with Gasteiger partial charge in [-0.15, -0.1) is 0 Å². The lowest BCUT2D eigenvalue weighted by atomic mass is 9.98.